The SMILES string of the molecule is Cc1ccc(CCn2c(/C=C/c3cccc(C)c3)c(Cl)cc(Cl)c2=O)cc1. The molecule has 0 aliphatic heterocycles. The number of hydrogen-bond acceptors (Lipinski definition) is 1. The van der Waals surface area contributed by atoms with Crippen LogP contribution >= 0.6 is 23.2 Å². The first kappa shape index (κ1) is 19.5. The molecule has 0 atom stereocenters. The minimum absolute atomic E-state index is 0.136. The summed E-state index contributed by atoms with van der Waals surface area (Å²) in [5.41, 5.74) is 5.05. The van der Waals surface area contributed by atoms with Crippen molar-refractivity contribution in [1.82, 2.24) is 4.57 Å². The van der Waals surface area contributed by atoms with Gasteiger partial charge in [0.2, 0.25) is 0 Å². The minimum Gasteiger partial charge on any atom is -0.306 e. The molecule has 1 heterocycles. The van der Waals surface area contributed by atoms with Crippen LogP contribution < -0.4 is 5.56 Å². The summed E-state index contributed by atoms with van der Waals surface area (Å²) >= 11 is 12.5. The Balaban J connectivity index is 1.94. The lowest BCUT2D eigenvalue weighted by atomic mass is 10.1. The van der Waals surface area contributed by atoms with Crippen LogP contribution in [0, 0.1) is 13.8 Å². The highest BCUT2D eigenvalue weighted by Crippen LogP contribution is 2.21. The van der Waals surface area contributed by atoms with E-state index in [4.69, 9.17) is 23.2 Å². The van der Waals surface area contributed by atoms with E-state index in [1.165, 1.54) is 17.2 Å². The molecule has 0 spiro atoms. The molecule has 0 unspecified atom stereocenters. The van der Waals surface area contributed by atoms with Crippen LogP contribution in [0.2, 0.25) is 10.0 Å². The van der Waals surface area contributed by atoms with E-state index < -0.39 is 0 Å². The molecule has 4 heteroatoms. The maximum atomic E-state index is 12.6. The number of aromatic nitrogens is 1. The van der Waals surface area contributed by atoms with Crippen LogP contribution in [-0.4, -0.2) is 4.57 Å². The highest BCUT2D eigenvalue weighted by molar-refractivity contribution is 6.35. The maximum Gasteiger partial charge on any atom is 0.269 e. The lowest BCUT2D eigenvalue weighted by Crippen LogP contribution is -2.24. The van der Waals surface area contributed by atoms with Gasteiger partial charge >= 0.3 is 0 Å². The molecule has 0 amide bonds. The molecule has 2 nitrogen and oxygen atoms in total. The van der Waals surface area contributed by atoms with E-state index in [0.29, 0.717) is 17.3 Å². The summed E-state index contributed by atoms with van der Waals surface area (Å²) in [6.07, 6.45) is 4.57. The molecule has 1 aromatic heterocycles. The zero-order valence-electron chi connectivity index (χ0n) is 15.4. The Morgan fingerprint density at radius 3 is 2.33 bits per heavy atom. The van der Waals surface area contributed by atoms with Crippen molar-refractivity contribution in [3.63, 3.8) is 0 Å². The lowest BCUT2D eigenvalue weighted by Gasteiger charge is -2.13. The van der Waals surface area contributed by atoms with Crippen LogP contribution in [0.1, 0.15) is 27.9 Å². The van der Waals surface area contributed by atoms with Crippen molar-refractivity contribution in [2.45, 2.75) is 26.8 Å². The van der Waals surface area contributed by atoms with Crippen LogP contribution in [0.15, 0.2) is 59.4 Å². The van der Waals surface area contributed by atoms with Crippen molar-refractivity contribution in [1.29, 1.82) is 0 Å². The quantitative estimate of drug-likeness (QED) is 0.503. The summed E-state index contributed by atoms with van der Waals surface area (Å²) in [5.74, 6) is 0. The molecule has 0 aliphatic rings. The van der Waals surface area contributed by atoms with Gasteiger partial charge < -0.3 is 4.57 Å². The third-order valence-corrected chi connectivity index (χ3v) is 5.03. The molecule has 138 valence electrons. The van der Waals surface area contributed by atoms with Gasteiger partial charge in [0.15, 0.2) is 0 Å². The van der Waals surface area contributed by atoms with Crippen LogP contribution in [0.25, 0.3) is 12.2 Å². The van der Waals surface area contributed by atoms with Crippen LogP contribution in [0.5, 0.6) is 0 Å². The van der Waals surface area contributed by atoms with Gasteiger partial charge in [0.25, 0.3) is 5.56 Å². The number of rotatable bonds is 5. The molecule has 0 aliphatic carbocycles. The predicted molar refractivity (Wildman–Crippen MR) is 116 cm³/mol. The molecule has 27 heavy (non-hydrogen) atoms. The first-order valence-electron chi connectivity index (χ1n) is 8.83. The fourth-order valence-corrected chi connectivity index (χ4v) is 3.49. The third kappa shape index (κ3) is 4.91. The van der Waals surface area contributed by atoms with Gasteiger partial charge in [-0.05, 0) is 43.5 Å². The Morgan fingerprint density at radius 1 is 0.889 bits per heavy atom. The summed E-state index contributed by atoms with van der Waals surface area (Å²) in [4.78, 5) is 12.6. The summed E-state index contributed by atoms with van der Waals surface area (Å²) in [6, 6.07) is 18.0. The van der Waals surface area contributed by atoms with Crippen LogP contribution in [0.4, 0.5) is 0 Å². The largest absolute Gasteiger partial charge is 0.306 e. The van der Waals surface area contributed by atoms with E-state index in [0.717, 1.165) is 17.5 Å². The molecular formula is C23H21Cl2NO. The summed E-state index contributed by atoms with van der Waals surface area (Å²) in [7, 11) is 0. The summed E-state index contributed by atoms with van der Waals surface area (Å²) in [6.45, 7) is 4.61. The number of halogens is 2. The number of pyridine rings is 1. The summed E-state index contributed by atoms with van der Waals surface area (Å²) < 4.78 is 1.65. The molecule has 3 aromatic rings. The predicted octanol–water partition coefficient (Wildman–Crippen LogP) is 6.19. The zero-order valence-corrected chi connectivity index (χ0v) is 16.9. The van der Waals surface area contributed by atoms with Crippen molar-refractivity contribution in [2.75, 3.05) is 0 Å². The number of aryl methyl sites for hydroxylation is 3. The van der Waals surface area contributed by atoms with Gasteiger partial charge in [-0.1, -0.05) is 88.9 Å². The van der Waals surface area contributed by atoms with E-state index in [-0.39, 0.29) is 10.6 Å². The summed E-state index contributed by atoms with van der Waals surface area (Å²) in [5, 5.41) is 0.601. The normalized spacial score (nSPS) is 11.3. The molecule has 3 rings (SSSR count). The average molecular weight is 398 g/mol. The van der Waals surface area contributed by atoms with Gasteiger partial charge in [-0.3, -0.25) is 4.79 Å². The Hall–Kier alpha value is -2.29. The second-order valence-electron chi connectivity index (χ2n) is 6.67. The average Bonchev–Trinajstić information content (AvgIpc) is 2.64. The Morgan fingerprint density at radius 2 is 1.63 bits per heavy atom. The van der Waals surface area contributed by atoms with Crippen molar-refractivity contribution in [3.8, 4) is 0 Å². The highest BCUT2D eigenvalue weighted by atomic mass is 35.5. The second-order valence-corrected chi connectivity index (χ2v) is 7.48. The Kier molecular flexibility index (Phi) is 6.20. The van der Waals surface area contributed by atoms with Crippen LogP contribution in [-0.2, 0) is 13.0 Å². The molecule has 0 fully saturated rings. The maximum absolute atomic E-state index is 12.6. The molecule has 0 saturated carbocycles. The molecule has 0 N–H and O–H groups in total. The Labute approximate surface area is 169 Å². The molecule has 0 saturated heterocycles. The fraction of sp³-hybridized carbons (Fsp3) is 0.174. The van der Waals surface area contributed by atoms with E-state index in [1.54, 1.807) is 4.57 Å². The fourth-order valence-electron chi connectivity index (χ4n) is 2.95. The van der Waals surface area contributed by atoms with Gasteiger partial charge in [-0.25, -0.2) is 0 Å². The monoisotopic (exact) mass is 397 g/mol. The van der Waals surface area contributed by atoms with Gasteiger partial charge in [0, 0.05) is 6.54 Å². The third-order valence-electron chi connectivity index (χ3n) is 4.46. The van der Waals surface area contributed by atoms with Gasteiger partial charge in [0.05, 0.1) is 10.7 Å². The first-order valence-corrected chi connectivity index (χ1v) is 9.59. The van der Waals surface area contributed by atoms with Gasteiger partial charge in [-0.2, -0.15) is 0 Å². The van der Waals surface area contributed by atoms with E-state index in [9.17, 15) is 4.79 Å². The minimum atomic E-state index is -0.225. The highest BCUT2D eigenvalue weighted by Gasteiger charge is 2.11. The first-order chi connectivity index (χ1) is 12.9. The molecule has 0 bridgehead atoms. The lowest BCUT2D eigenvalue weighted by molar-refractivity contribution is 0.664. The van der Waals surface area contributed by atoms with Crippen LogP contribution in [0.3, 0.4) is 0 Å². The standard InChI is InChI=1S/C23H21Cl2NO/c1-16-6-8-18(9-7-16)12-13-26-22(20(24)15-21(25)23(26)27)11-10-19-5-3-4-17(2)14-19/h3-11,14-15H,12-13H2,1-2H3/b11-10+. The van der Waals surface area contributed by atoms with Crippen molar-refractivity contribution >= 4 is 35.4 Å². The van der Waals surface area contributed by atoms with Crippen molar-refractivity contribution in [3.05, 3.63) is 103 Å². The van der Waals surface area contributed by atoms with Gasteiger partial charge in [-0.15, -0.1) is 0 Å². The second kappa shape index (κ2) is 8.60. The number of hydrogen-bond donors (Lipinski definition) is 0. The van der Waals surface area contributed by atoms with E-state index in [1.807, 2.05) is 37.3 Å². The van der Waals surface area contributed by atoms with E-state index in [2.05, 4.69) is 37.3 Å². The smallest absolute Gasteiger partial charge is 0.269 e. The topological polar surface area (TPSA) is 22.0 Å². The van der Waals surface area contributed by atoms with Crippen molar-refractivity contribution < 1.29 is 0 Å². The Bertz CT molecular complexity index is 1030. The van der Waals surface area contributed by atoms with Gasteiger partial charge in [0.1, 0.15) is 5.02 Å². The number of nitrogens with zero attached hydrogens (tertiary/aromatic N) is 1. The van der Waals surface area contributed by atoms with Crippen molar-refractivity contribution in [2.24, 2.45) is 0 Å². The molecule has 0 radical (unpaired) electrons. The molecular weight excluding hydrogens is 377 g/mol. The van der Waals surface area contributed by atoms with E-state index >= 15 is 0 Å². The molecule has 2 aromatic carbocycles. The number of benzene rings is 2. The zero-order chi connectivity index (χ0) is 19.4.